The molecule has 2 N–H and O–H groups in total. The number of nitrogens with zero attached hydrogens (tertiary/aromatic N) is 1. The van der Waals surface area contributed by atoms with Crippen molar-refractivity contribution in [2.24, 2.45) is 5.73 Å². The van der Waals surface area contributed by atoms with Gasteiger partial charge in [-0.2, -0.15) is 23.5 Å². The van der Waals surface area contributed by atoms with Crippen LogP contribution in [0.15, 0.2) is 18.3 Å². The highest BCUT2D eigenvalue weighted by molar-refractivity contribution is 8.06. The fourth-order valence-corrected chi connectivity index (χ4v) is 4.41. The van der Waals surface area contributed by atoms with Gasteiger partial charge in [-0.1, -0.05) is 6.07 Å². The average Bonchev–Trinajstić information content (AvgIpc) is 2.30. The van der Waals surface area contributed by atoms with Gasteiger partial charge in [-0.05, 0) is 18.6 Å². The quantitative estimate of drug-likeness (QED) is 0.860. The second kappa shape index (κ2) is 5.23. The van der Waals surface area contributed by atoms with E-state index >= 15 is 0 Å². The number of nitrogens with two attached hydrogens (primary N) is 1. The molecule has 0 bridgehead atoms. The third kappa shape index (κ3) is 2.89. The van der Waals surface area contributed by atoms with Crippen molar-refractivity contribution >= 4 is 23.5 Å². The van der Waals surface area contributed by atoms with Gasteiger partial charge < -0.3 is 5.73 Å². The largest absolute Gasteiger partial charge is 0.323 e. The summed E-state index contributed by atoms with van der Waals surface area (Å²) in [4.78, 5) is 4.30. The van der Waals surface area contributed by atoms with Crippen molar-refractivity contribution in [2.75, 3.05) is 17.3 Å². The maximum absolute atomic E-state index is 6.25. The smallest absolute Gasteiger partial charge is 0.0438 e. The molecular weight excluding hydrogens is 224 g/mol. The first-order chi connectivity index (χ1) is 7.27. The van der Waals surface area contributed by atoms with Gasteiger partial charge in [0.1, 0.15) is 0 Å². The zero-order chi connectivity index (χ0) is 10.7. The fraction of sp³-hybridized carbons (Fsp3) is 0.545. The lowest BCUT2D eigenvalue weighted by molar-refractivity contribution is 0.715. The van der Waals surface area contributed by atoms with Crippen LogP contribution in [0.5, 0.6) is 0 Å². The van der Waals surface area contributed by atoms with Crippen molar-refractivity contribution < 1.29 is 0 Å². The summed E-state index contributed by atoms with van der Waals surface area (Å²) in [5.41, 5.74) is 8.47. The number of hydrogen-bond acceptors (Lipinski definition) is 4. The number of aryl methyl sites for hydroxylation is 1. The van der Waals surface area contributed by atoms with Crippen LogP contribution < -0.4 is 5.73 Å². The van der Waals surface area contributed by atoms with Crippen LogP contribution in [0.25, 0.3) is 0 Å². The minimum Gasteiger partial charge on any atom is -0.323 e. The fourth-order valence-electron chi connectivity index (χ4n) is 1.60. The highest BCUT2D eigenvalue weighted by Crippen LogP contribution is 2.31. The lowest BCUT2D eigenvalue weighted by Crippen LogP contribution is -2.28. The third-order valence-electron chi connectivity index (χ3n) is 2.56. The van der Waals surface area contributed by atoms with Gasteiger partial charge in [0.2, 0.25) is 0 Å². The van der Waals surface area contributed by atoms with E-state index in [9.17, 15) is 0 Å². The van der Waals surface area contributed by atoms with Crippen LogP contribution >= 0.6 is 23.5 Å². The molecule has 0 amide bonds. The minimum absolute atomic E-state index is 0.135. The monoisotopic (exact) mass is 240 g/mol. The summed E-state index contributed by atoms with van der Waals surface area (Å²) in [6.07, 6.45) is 1.92. The molecule has 0 spiro atoms. The number of hydrogen-bond donors (Lipinski definition) is 1. The predicted octanol–water partition coefficient (Wildman–Crippen LogP) is 2.24. The van der Waals surface area contributed by atoms with E-state index in [1.807, 2.05) is 42.7 Å². The Balaban J connectivity index is 2.05. The molecule has 0 aromatic carbocycles. The third-order valence-corrected chi connectivity index (χ3v) is 5.45. The van der Waals surface area contributed by atoms with Gasteiger partial charge in [0.15, 0.2) is 0 Å². The Labute approximate surface area is 99.4 Å². The molecule has 82 valence electrons. The Morgan fingerprint density at radius 2 is 2.33 bits per heavy atom. The molecule has 15 heavy (non-hydrogen) atoms. The van der Waals surface area contributed by atoms with Crippen LogP contribution in [0.2, 0.25) is 0 Å². The maximum Gasteiger partial charge on any atom is 0.0438 e. The Hall–Kier alpha value is -0.190. The molecule has 4 heteroatoms. The van der Waals surface area contributed by atoms with E-state index < -0.39 is 0 Å². The average molecular weight is 240 g/mol. The van der Waals surface area contributed by atoms with Crippen molar-refractivity contribution in [3.05, 3.63) is 29.6 Å². The molecule has 1 aliphatic rings. The molecule has 1 aliphatic heterocycles. The Bertz CT molecular complexity index is 307. The molecule has 1 fully saturated rings. The summed E-state index contributed by atoms with van der Waals surface area (Å²) in [6, 6.07) is 4.28. The number of pyridine rings is 1. The van der Waals surface area contributed by atoms with Crippen molar-refractivity contribution in [2.45, 2.75) is 18.2 Å². The van der Waals surface area contributed by atoms with Crippen molar-refractivity contribution in [3.63, 3.8) is 0 Å². The second-order valence-electron chi connectivity index (χ2n) is 3.74. The summed E-state index contributed by atoms with van der Waals surface area (Å²) >= 11 is 4.00. The van der Waals surface area contributed by atoms with Gasteiger partial charge in [-0.25, -0.2) is 0 Å². The summed E-state index contributed by atoms with van der Waals surface area (Å²) in [5, 5.41) is 0.549. The molecule has 0 aliphatic carbocycles. The molecule has 1 aromatic rings. The number of thioether (sulfide) groups is 2. The van der Waals surface area contributed by atoms with E-state index in [-0.39, 0.29) is 6.04 Å². The zero-order valence-electron chi connectivity index (χ0n) is 8.85. The molecule has 2 nitrogen and oxygen atoms in total. The normalized spacial score (nSPS) is 23.7. The van der Waals surface area contributed by atoms with E-state index in [0.29, 0.717) is 5.25 Å². The van der Waals surface area contributed by atoms with Gasteiger partial charge in [-0.3, -0.25) is 4.98 Å². The molecule has 0 radical (unpaired) electrons. The molecule has 1 saturated heterocycles. The summed E-state index contributed by atoms with van der Waals surface area (Å²) in [7, 11) is 0. The molecule has 2 heterocycles. The number of rotatable bonds is 2. The van der Waals surface area contributed by atoms with Crippen LogP contribution in [-0.2, 0) is 0 Å². The van der Waals surface area contributed by atoms with Crippen LogP contribution in [0.3, 0.4) is 0 Å². The molecule has 1 aromatic heterocycles. The lowest BCUT2D eigenvalue weighted by Gasteiger charge is -2.26. The summed E-state index contributed by atoms with van der Waals surface area (Å²) in [5.74, 6) is 3.65. The molecule has 2 rings (SSSR count). The van der Waals surface area contributed by atoms with Crippen LogP contribution in [-0.4, -0.2) is 27.5 Å². The van der Waals surface area contributed by atoms with Gasteiger partial charge in [0, 0.05) is 40.4 Å². The Morgan fingerprint density at radius 1 is 1.47 bits per heavy atom. The molecule has 2 unspecified atom stereocenters. The number of aromatic nitrogens is 1. The van der Waals surface area contributed by atoms with Crippen molar-refractivity contribution in [3.8, 4) is 0 Å². The van der Waals surface area contributed by atoms with E-state index in [4.69, 9.17) is 5.73 Å². The topological polar surface area (TPSA) is 38.9 Å². The first-order valence-electron chi connectivity index (χ1n) is 5.15. The van der Waals surface area contributed by atoms with Crippen LogP contribution in [0.4, 0.5) is 0 Å². The van der Waals surface area contributed by atoms with Crippen molar-refractivity contribution in [1.29, 1.82) is 0 Å². The second-order valence-corrected chi connectivity index (χ2v) is 6.24. The van der Waals surface area contributed by atoms with Crippen LogP contribution in [0.1, 0.15) is 17.3 Å². The predicted molar refractivity (Wildman–Crippen MR) is 69.5 cm³/mol. The Morgan fingerprint density at radius 3 is 2.93 bits per heavy atom. The SMILES string of the molecule is Cc1ccc(C(N)C2CSCCS2)cn1. The van der Waals surface area contributed by atoms with Gasteiger partial charge in [-0.15, -0.1) is 0 Å². The minimum atomic E-state index is 0.135. The highest BCUT2D eigenvalue weighted by atomic mass is 32.2. The first kappa shape index (κ1) is 11.3. The van der Waals surface area contributed by atoms with Gasteiger partial charge in [0.25, 0.3) is 0 Å². The van der Waals surface area contributed by atoms with Crippen molar-refractivity contribution in [1.82, 2.24) is 4.98 Å². The summed E-state index contributed by atoms with van der Waals surface area (Å²) in [6.45, 7) is 2.00. The zero-order valence-corrected chi connectivity index (χ0v) is 10.5. The molecular formula is C11H16N2S2. The van der Waals surface area contributed by atoms with Crippen LogP contribution in [0, 0.1) is 6.92 Å². The van der Waals surface area contributed by atoms with E-state index in [0.717, 1.165) is 5.69 Å². The first-order valence-corrected chi connectivity index (χ1v) is 7.35. The highest BCUT2D eigenvalue weighted by Gasteiger charge is 2.22. The van der Waals surface area contributed by atoms with Gasteiger partial charge >= 0.3 is 0 Å². The van der Waals surface area contributed by atoms with E-state index in [1.54, 1.807) is 0 Å². The van der Waals surface area contributed by atoms with E-state index in [1.165, 1.54) is 22.8 Å². The Kier molecular flexibility index (Phi) is 3.94. The van der Waals surface area contributed by atoms with Gasteiger partial charge in [0.05, 0.1) is 0 Å². The van der Waals surface area contributed by atoms with E-state index in [2.05, 4.69) is 11.1 Å². The molecule has 2 atom stereocenters. The lowest BCUT2D eigenvalue weighted by atomic mass is 10.1. The standard InChI is InChI=1S/C11H16N2S2/c1-8-2-3-9(6-13-8)11(12)10-7-14-4-5-15-10/h2-3,6,10-11H,4-5,7,12H2,1H3. The molecule has 0 saturated carbocycles. The maximum atomic E-state index is 6.25. The summed E-state index contributed by atoms with van der Waals surface area (Å²) < 4.78 is 0.